The Hall–Kier alpha value is 0.340. The smallest absolute Gasteiger partial charge is 0.132 e. The molecule has 0 spiro atoms. The van der Waals surface area contributed by atoms with Gasteiger partial charge in [-0.1, -0.05) is 0 Å². The first-order valence-corrected chi connectivity index (χ1v) is 9.35. The molecule has 9 nitrogen and oxygen atoms in total. The van der Waals surface area contributed by atoms with Crippen molar-refractivity contribution in [2.75, 3.05) is 20.3 Å². The van der Waals surface area contributed by atoms with Crippen LogP contribution in [-0.4, -0.2) is 114 Å². The van der Waals surface area contributed by atoms with Gasteiger partial charge in [0, 0.05) is 7.11 Å². The normalized spacial score (nSPS) is 50.0. The number of aliphatic hydroxyl groups excluding tert-OH is 7. The van der Waals surface area contributed by atoms with Crippen molar-refractivity contribution in [2.45, 2.75) is 58.0 Å². The van der Waals surface area contributed by atoms with E-state index in [9.17, 15) is 35.7 Å². The van der Waals surface area contributed by atoms with Crippen LogP contribution >= 0.6 is 23.5 Å². The molecule has 0 saturated carbocycles. The third-order valence-corrected chi connectivity index (χ3v) is 7.15. The van der Waals surface area contributed by atoms with Crippen molar-refractivity contribution in [1.82, 2.24) is 0 Å². The van der Waals surface area contributed by atoms with Crippen LogP contribution < -0.4 is 0 Å². The van der Waals surface area contributed by atoms with E-state index >= 15 is 0 Å². The zero-order chi connectivity index (χ0) is 18.0. The van der Waals surface area contributed by atoms with Crippen molar-refractivity contribution in [1.29, 1.82) is 0 Å². The second-order valence-corrected chi connectivity index (χ2v) is 8.42. The molecule has 2 rings (SSSR count). The van der Waals surface area contributed by atoms with Crippen molar-refractivity contribution >= 4 is 23.5 Å². The maximum atomic E-state index is 10.3. The summed E-state index contributed by atoms with van der Waals surface area (Å²) in [4.78, 5) is 0. The van der Waals surface area contributed by atoms with Crippen LogP contribution in [0.2, 0.25) is 0 Å². The minimum absolute atomic E-state index is 0.362. The van der Waals surface area contributed by atoms with Gasteiger partial charge in [-0.25, -0.2) is 0 Å². The van der Waals surface area contributed by atoms with Gasteiger partial charge in [-0.2, -0.15) is 0 Å². The number of thioether (sulfide) groups is 2. The van der Waals surface area contributed by atoms with Crippen LogP contribution in [0.4, 0.5) is 0 Å². The summed E-state index contributed by atoms with van der Waals surface area (Å²) in [5.41, 5.74) is -1.83. The molecule has 10 atom stereocenters. The van der Waals surface area contributed by atoms with E-state index in [4.69, 9.17) is 9.47 Å². The predicted molar refractivity (Wildman–Crippen MR) is 86.4 cm³/mol. The first-order chi connectivity index (χ1) is 11.3. The van der Waals surface area contributed by atoms with Gasteiger partial charge >= 0.3 is 0 Å². The monoisotopic (exact) mass is 388 g/mol. The fourth-order valence-corrected chi connectivity index (χ4v) is 5.18. The first kappa shape index (κ1) is 20.6. The summed E-state index contributed by atoms with van der Waals surface area (Å²) in [6.07, 6.45) is -7.98. The standard InChI is InChI=1S/C13H24O9S2/c1-21-12-10(20)11(7(17)5(3-15)23-12)22-13-9(19)8(18)6(16)4(2-14)24-13/h4-20H,2-3H2,1H3/t4-,5-,6-,7-,8+,9-,10+,11+,12+,13+/m1/s1. The highest BCUT2D eigenvalue weighted by Gasteiger charge is 2.50. The van der Waals surface area contributed by atoms with Crippen molar-refractivity contribution in [2.24, 2.45) is 0 Å². The Balaban J connectivity index is 2.14. The van der Waals surface area contributed by atoms with Gasteiger partial charge in [0.25, 0.3) is 0 Å². The molecule has 0 unspecified atom stereocenters. The largest absolute Gasteiger partial charge is 0.395 e. The Labute approximate surface area is 147 Å². The van der Waals surface area contributed by atoms with Crippen molar-refractivity contribution < 1.29 is 45.2 Å². The zero-order valence-corrected chi connectivity index (χ0v) is 14.6. The topological polar surface area (TPSA) is 160 Å². The molecule has 7 N–H and O–H groups in total. The molecule has 24 heavy (non-hydrogen) atoms. The Bertz CT molecular complexity index is 386. The predicted octanol–water partition coefficient (Wildman–Crippen LogP) is -3.31. The van der Waals surface area contributed by atoms with E-state index in [1.165, 1.54) is 7.11 Å². The summed E-state index contributed by atoms with van der Waals surface area (Å²) in [7, 11) is 1.37. The molecular weight excluding hydrogens is 364 g/mol. The molecule has 2 aliphatic heterocycles. The van der Waals surface area contributed by atoms with E-state index < -0.39 is 64.6 Å². The van der Waals surface area contributed by atoms with Crippen LogP contribution in [0.3, 0.4) is 0 Å². The summed E-state index contributed by atoms with van der Waals surface area (Å²) in [6.45, 7) is -0.805. The van der Waals surface area contributed by atoms with E-state index in [0.29, 0.717) is 0 Å². The highest BCUT2D eigenvalue weighted by molar-refractivity contribution is 8.00. The molecule has 0 aromatic rings. The van der Waals surface area contributed by atoms with E-state index in [1.54, 1.807) is 0 Å². The molecule has 0 aliphatic carbocycles. The third kappa shape index (κ3) is 4.01. The van der Waals surface area contributed by atoms with E-state index in [-0.39, 0.29) is 6.61 Å². The summed E-state index contributed by atoms with van der Waals surface area (Å²) in [5.74, 6) is 0. The fraction of sp³-hybridized carbons (Fsp3) is 1.00. The lowest BCUT2D eigenvalue weighted by molar-refractivity contribution is -0.175. The van der Waals surface area contributed by atoms with Crippen LogP contribution in [0.15, 0.2) is 0 Å². The van der Waals surface area contributed by atoms with Crippen LogP contribution in [0, 0.1) is 0 Å². The number of ether oxygens (including phenoxy) is 2. The van der Waals surface area contributed by atoms with Gasteiger partial charge in [0.05, 0.1) is 35.9 Å². The molecule has 0 radical (unpaired) electrons. The maximum absolute atomic E-state index is 10.3. The Kier molecular flexibility index (Phi) is 7.59. The average Bonchev–Trinajstić information content (AvgIpc) is 2.58. The summed E-state index contributed by atoms with van der Waals surface area (Å²) < 4.78 is 10.7. The van der Waals surface area contributed by atoms with Crippen molar-refractivity contribution in [3.63, 3.8) is 0 Å². The Morgan fingerprint density at radius 3 is 1.79 bits per heavy atom. The second-order valence-electron chi connectivity index (χ2n) is 5.74. The van der Waals surface area contributed by atoms with Gasteiger partial charge in [-0.3, -0.25) is 0 Å². The Morgan fingerprint density at radius 2 is 1.25 bits per heavy atom. The van der Waals surface area contributed by atoms with E-state index in [0.717, 1.165) is 23.5 Å². The van der Waals surface area contributed by atoms with Crippen molar-refractivity contribution in [3.05, 3.63) is 0 Å². The lowest BCUT2D eigenvalue weighted by atomic mass is 10.0. The number of hydrogen-bond acceptors (Lipinski definition) is 11. The highest BCUT2D eigenvalue weighted by atomic mass is 32.2. The van der Waals surface area contributed by atoms with Gasteiger partial charge in [0.2, 0.25) is 0 Å². The maximum Gasteiger partial charge on any atom is 0.132 e. The minimum Gasteiger partial charge on any atom is -0.395 e. The second kappa shape index (κ2) is 8.82. The van der Waals surface area contributed by atoms with Gasteiger partial charge in [-0.05, 0) is 0 Å². The SMILES string of the molecule is CO[C@H]1S[C@H](CO)[C@@H](O)[C@H](O[C@H]2S[C@H](CO)[C@@H](O)[C@H](O)[C@H]2O)[C@@H]1O. The molecule has 2 heterocycles. The molecule has 0 bridgehead atoms. The summed E-state index contributed by atoms with van der Waals surface area (Å²) in [6, 6.07) is 0. The van der Waals surface area contributed by atoms with Crippen LogP contribution in [0.1, 0.15) is 0 Å². The molecule has 2 aliphatic rings. The highest BCUT2D eigenvalue weighted by Crippen LogP contribution is 2.39. The zero-order valence-electron chi connectivity index (χ0n) is 13.0. The van der Waals surface area contributed by atoms with Crippen molar-refractivity contribution in [3.8, 4) is 0 Å². The summed E-state index contributed by atoms with van der Waals surface area (Å²) in [5, 5.41) is 67.5. The number of aliphatic hydroxyl groups is 7. The molecule has 11 heteroatoms. The van der Waals surface area contributed by atoms with Gasteiger partial charge in [0.15, 0.2) is 0 Å². The van der Waals surface area contributed by atoms with Gasteiger partial charge in [0.1, 0.15) is 35.3 Å². The van der Waals surface area contributed by atoms with Crippen LogP contribution in [0.5, 0.6) is 0 Å². The average molecular weight is 388 g/mol. The van der Waals surface area contributed by atoms with E-state index in [1.807, 2.05) is 0 Å². The number of methoxy groups -OCH3 is 1. The lowest BCUT2D eigenvalue weighted by Gasteiger charge is -2.45. The molecule has 2 saturated heterocycles. The third-order valence-electron chi connectivity index (χ3n) is 4.19. The van der Waals surface area contributed by atoms with Gasteiger partial charge in [-0.15, -0.1) is 23.5 Å². The van der Waals surface area contributed by atoms with Gasteiger partial charge < -0.3 is 45.2 Å². The molecule has 0 aromatic carbocycles. The van der Waals surface area contributed by atoms with E-state index in [2.05, 4.69) is 0 Å². The quantitative estimate of drug-likeness (QED) is 0.253. The number of rotatable bonds is 5. The van der Waals surface area contributed by atoms with Crippen LogP contribution in [0.25, 0.3) is 0 Å². The number of hydrogen-bond donors (Lipinski definition) is 7. The lowest BCUT2D eigenvalue weighted by Crippen LogP contribution is -2.60. The molecule has 2 fully saturated rings. The molecule has 0 aromatic heterocycles. The minimum atomic E-state index is -1.53. The van der Waals surface area contributed by atoms with Crippen LogP contribution in [-0.2, 0) is 9.47 Å². The first-order valence-electron chi connectivity index (χ1n) is 7.46. The molecule has 142 valence electrons. The molecule has 0 amide bonds. The summed E-state index contributed by atoms with van der Waals surface area (Å²) >= 11 is 1.97. The Morgan fingerprint density at radius 1 is 0.708 bits per heavy atom. The fourth-order valence-electron chi connectivity index (χ4n) is 2.74. The molecular formula is C13H24O9S2.